The van der Waals surface area contributed by atoms with Crippen LogP contribution in [-0.2, 0) is 14.8 Å². The maximum absolute atomic E-state index is 12.9. The van der Waals surface area contributed by atoms with Crippen LogP contribution < -0.4 is 10.1 Å². The van der Waals surface area contributed by atoms with Crippen LogP contribution in [0.15, 0.2) is 23.1 Å². The highest BCUT2D eigenvalue weighted by Gasteiger charge is 2.28. The number of hydrogen-bond acceptors (Lipinski definition) is 6. The minimum absolute atomic E-state index is 0.0952. The quantitative estimate of drug-likeness (QED) is 0.619. The van der Waals surface area contributed by atoms with Crippen molar-refractivity contribution < 1.29 is 22.7 Å². The third-order valence-corrected chi connectivity index (χ3v) is 7.73. The smallest absolute Gasteiger partial charge is 0.255 e. The highest BCUT2D eigenvalue weighted by molar-refractivity contribution is 7.89. The van der Waals surface area contributed by atoms with E-state index in [0.29, 0.717) is 38.6 Å². The number of rotatable bonds is 8. The summed E-state index contributed by atoms with van der Waals surface area (Å²) >= 11 is 0. The molecule has 0 unspecified atom stereocenters. The minimum Gasteiger partial charge on any atom is -0.496 e. The summed E-state index contributed by atoms with van der Waals surface area (Å²) in [7, 11) is -2.20. The van der Waals surface area contributed by atoms with Crippen LogP contribution in [0, 0.1) is 5.92 Å². The zero-order chi connectivity index (χ0) is 21.6. The first kappa shape index (κ1) is 23.0. The Balaban J connectivity index is 1.61. The molecule has 1 amide bonds. The van der Waals surface area contributed by atoms with Gasteiger partial charge >= 0.3 is 0 Å². The molecule has 2 saturated heterocycles. The van der Waals surface area contributed by atoms with Gasteiger partial charge in [-0.1, -0.05) is 6.92 Å². The van der Waals surface area contributed by atoms with Crippen molar-refractivity contribution in [1.82, 2.24) is 14.5 Å². The maximum Gasteiger partial charge on any atom is 0.255 e. The van der Waals surface area contributed by atoms with Crippen LogP contribution in [0.25, 0.3) is 0 Å². The molecular weight excluding hydrogens is 406 g/mol. The molecule has 168 valence electrons. The number of carbonyl (C=O) groups excluding carboxylic acids is 1. The lowest BCUT2D eigenvalue weighted by Crippen LogP contribution is -2.40. The van der Waals surface area contributed by atoms with Crippen molar-refractivity contribution >= 4 is 15.9 Å². The molecule has 30 heavy (non-hydrogen) atoms. The Hall–Kier alpha value is -1.68. The SMILES string of the molecule is COc1ccc(S(=O)(=O)N2CCOCC2)cc1C(=O)NCCCN1CCC(C)CC1. The molecule has 0 aliphatic carbocycles. The van der Waals surface area contributed by atoms with E-state index in [9.17, 15) is 13.2 Å². The Morgan fingerprint density at radius 1 is 1.20 bits per heavy atom. The number of carbonyl (C=O) groups is 1. The van der Waals surface area contributed by atoms with E-state index in [1.54, 1.807) is 0 Å². The van der Waals surface area contributed by atoms with Crippen molar-refractivity contribution in [1.29, 1.82) is 0 Å². The summed E-state index contributed by atoms with van der Waals surface area (Å²) in [6, 6.07) is 4.43. The summed E-state index contributed by atoms with van der Waals surface area (Å²) in [5, 5.41) is 2.91. The first-order valence-corrected chi connectivity index (χ1v) is 12.1. The van der Waals surface area contributed by atoms with Gasteiger partial charge in [-0.3, -0.25) is 4.79 Å². The number of likely N-dealkylation sites (tertiary alicyclic amines) is 1. The average Bonchev–Trinajstić information content (AvgIpc) is 2.78. The molecule has 8 nitrogen and oxygen atoms in total. The second-order valence-corrected chi connectivity index (χ2v) is 9.95. The molecule has 1 aromatic carbocycles. The molecular formula is C21H33N3O5S. The molecule has 0 atom stereocenters. The predicted molar refractivity (Wildman–Crippen MR) is 114 cm³/mol. The van der Waals surface area contributed by atoms with Crippen LogP contribution in [0.4, 0.5) is 0 Å². The zero-order valence-corrected chi connectivity index (χ0v) is 18.7. The van der Waals surface area contributed by atoms with Gasteiger partial charge in [0.15, 0.2) is 0 Å². The van der Waals surface area contributed by atoms with Crippen molar-refractivity contribution in [2.24, 2.45) is 5.92 Å². The molecule has 0 aromatic heterocycles. The third kappa shape index (κ3) is 5.72. The number of ether oxygens (including phenoxy) is 2. The number of amides is 1. The number of piperidine rings is 1. The van der Waals surface area contributed by atoms with E-state index in [-0.39, 0.29) is 16.4 Å². The van der Waals surface area contributed by atoms with E-state index in [2.05, 4.69) is 17.1 Å². The Labute approximate surface area is 179 Å². The minimum atomic E-state index is -3.68. The Kier molecular flexibility index (Phi) is 8.10. The highest BCUT2D eigenvalue weighted by atomic mass is 32.2. The number of hydrogen-bond donors (Lipinski definition) is 1. The second kappa shape index (κ2) is 10.6. The lowest BCUT2D eigenvalue weighted by Gasteiger charge is -2.30. The van der Waals surface area contributed by atoms with Crippen molar-refractivity contribution in [2.45, 2.75) is 31.1 Å². The van der Waals surface area contributed by atoms with Gasteiger partial charge in [0.1, 0.15) is 5.75 Å². The molecule has 2 heterocycles. The number of nitrogens with one attached hydrogen (secondary N) is 1. The lowest BCUT2D eigenvalue weighted by molar-refractivity contribution is 0.0730. The molecule has 1 N–H and O–H groups in total. The van der Waals surface area contributed by atoms with Crippen LogP contribution >= 0.6 is 0 Å². The van der Waals surface area contributed by atoms with E-state index in [4.69, 9.17) is 9.47 Å². The first-order chi connectivity index (χ1) is 14.4. The Bertz CT molecular complexity index is 816. The molecule has 2 fully saturated rings. The molecule has 0 saturated carbocycles. The molecule has 9 heteroatoms. The summed E-state index contributed by atoms with van der Waals surface area (Å²) in [6.07, 6.45) is 3.32. The molecule has 3 rings (SSSR count). The van der Waals surface area contributed by atoms with Gasteiger partial charge in [-0.2, -0.15) is 4.31 Å². The van der Waals surface area contributed by atoms with Crippen LogP contribution in [0.1, 0.15) is 36.5 Å². The van der Waals surface area contributed by atoms with Gasteiger partial charge in [0.2, 0.25) is 10.0 Å². The van der Waals surface area contributed by atoms with Crippen molar-refractivity contribution in [3.05, 3.63) is 23.8 Å². The largest absolute Gasteiger partial charge is 0.496 e. The van der Waals surface area contributed by atoms with Gasteiger partial charge in [-0.05, 0) is 63.0 Å². The predicted octanol–water partition coefficient (Wildman–Crippen LogP) is 1.57. The number of nitrogens with zero attached hydrogens (tertiary/aromatic N) is 2. The topological polar surface area (TPSA) is 88.2 Å². The van der Waals surface area contributed by atoms with Crippen LogP contribution in [-0.4, -0.2) is 83.1 Å². The number of sulfonamides is 1. The van der Waals surface area contributed by atoms with E-state index < -0.39 is 10.0 Å². The molecule has 0 spiro atoms. The first-order valence-electron chi connectivity index (χ1n) is 10.7. The van der Waals surface area contributed by atoms with Gasteiger partial charge < -0.3 is 19.7 Å². The van der Waals surface area contributed by atoms with Crippen molar-refractivity contribution in [3.8, 4) is 5.75 Å². The van der Waals surface area contributed by atoms with Crippen LogP contribution in [0.2, 0.25) is 0 Å². The van der Waals surface area contributed by atoms with Crippen LogP contribution in [0.5, 0.6) is 5.75 Å². The Morgan fingerprint density at radius 2 is 1.90 bits per heavy atom. The average molecular weight is 440 g/mol. The fourth-order valence-corrected chi connectivity index (χ4v) is 5.28. The fourth-order valence-electron chi connectivity index (χ4n) is 3.85. The fraction of sp³-hybridized carbons (Fsp3) is 0.667. The number of benzene rings is 1. The molecule has 2 aliphatic rings. The molecule has 2 aliphatic heterocycles. The lowest BCUT2D eigenvalue weighted by atomic mass is 9.99. The van der Waals surface area contributed by atoms with Crippen molar-refractivity contribution in [3.63, 3.8) is 0 Å². The summed E-state index contributed by atoms with van der Waals surface area (Å²) in [5.74, 6) is 0.839. The van der Waals surface area contributed by atoms with E-state index >= 15 is 0 Å². The molecule has 0 radical (unpaired) electrons. The summed E-state index contributed by atoms with van der Waals surface area (Å²) in [4.78, 5) is 15.3. The van der Waals surface area contributed by atoms with E-state index in [0.717, 1.165) is 32.0 Å². The van der Waals surface area contributed by atoms with Gasteiger partial charge in [-0.15, -0.1) is 0 Å². The summed E-state index contributed by atoms with van der Waals surface area (Å²) in [6.45, 7) is 7.38. The summed E-state index contributed by atoms with van der Waals surface area (Å²) < 4.78 is 37.7. The maximum atomic E-state index is 12.9. The standard InChI is InChI=1S/C21H33N3O5S/c1-17-6-10-23(11-7-17)9-3-8-22-21(25)19-16-18(4-5-20(19)28-2)30(26,27)24-12-14-29-15-13-24/h4-5,16-17H,3,6-15H2,1-2H3,(H,22,25). The highest BCUT2D eigenvalue weighted by Crippen LogP contribution is 2.25. The zero-order valence-electron chi connectivity index (χ0n) is 17.9. The monoisotopic (exact) mass is 439 g/mol. The number of methoxy groups -OCH3 is 1. The van der Waals surface area contributed by atoms with E-state index in [1.807, 2.05) is 0 Å². The molecule has 1 aromatic rings. The van der Waals surface area contributed by atoms with E-state index in [1.165, 1.54) is 42.5 Å². The molecule has 0 bridgehead atoms. The Morgan fingerprint density at radius 3 is 2.57 bits per heavy atom. The third-order valence-electron chi connectivity index (χ3n) is 5.84. The van der Waals surface area contributed by atoms with Gasteiger partial charge in [0.05, 0.1) is 30.8 Å². The van der Waals surface area contributed by atoms with Gasteiger partial charge in [0, 0.05) is 19.6 Å². The summed E-state index contributed by atoms with van der Waals surface area (Å²) in [5.41, 5.74) is 0.235. The van der Waals surface area contributed by atoms with Gasteiger partial charge in [-0.25, -0.2) is 8.42 Å². The second-order valence-electron chi connectivity index (χ2n) is 8.01. The van der Waals surface area contributed by atoms with Crippen LogP contribution in [0.3, 0.4) is 0 Å². The normalized spacial score (nSPS) is 19.5. The number of morpholine rings is 1. The van der Waals surface area contributed by atoms with Crippen molar-refractivity contribution in [2.75, 3.05) is 59.6 Å². The van der Waals surface area contributed by atoms with Gasteiger partial charge in [0.25, 0.3) is 5.91 Å².